The van der Waals surface area contributed by atoms with Crippen LogP contribution >= 0.6 is 0 Å². The van der Waals surface area contributed by atoms with Crippen LogP contribution in [0, 0.1) is 0 Å². The van der Waals surface area contributed by atoms with Gasteiger partial charge in [0.25, 0.3) is 0 Å². The maximum Gasteiger partial charge on any atom is 0.188 e. The van der Waals surface area contributed by atoms with E-state index in [2.05, 4.69) is 6.92 Å². The van der Waals surface area contributed by atoms with Gasteiger partial charge >= 0.3 is 0 Å². The van der Waals surface area contributed by atoms with Crippen molar-refractivity contribution >= 4 is 0 Å². The van der Waals surface area contributed by atoms with E-state index in [9.17, 15) is 5.11 Å². The van der Waals surface area contributed by atoms with Crippen molar-refractivity contribution in [1.82, 2.24) is 0 Å². The molecule has 0 spiro atoms. The number of aliphatic hydroxyl groups excluding tert-OH is 1. The SMILES string of the molecule is CCCCOC(C)(CO)OCCCOC(C)C. The lowest BCUT2D eigenvalue weighted by molar-refractivity contribution is -0.244. The molecule has 4 nitrogen and oxygen atoms in total. The molecule has 0 aromatic heterocycles. The van der Waals surface area contributed by atoms with Gasteiger partial charge in [-0.25, -0.2) is 0 Å². The summed E-state index contributed by atoms with van der Waals surface area (Å²) in [5.41, 5.74) is 0. The Kier molecular flexibility index (Phi) is 9.74. The molecule has 104 valence electrons. The fraction of sp³-hybridized carbons (Fsp3) is 1.00. The van der Waals surface area contributed by atoms with E-state index in [0.29, 0.717) is 19.8 Å². The van der Waals surface area contributed by atoms with Crippen molar-refractivity contribution in [3.05, 3.63) is 0 Å². The summed E-state index contributed by atoms with van der Waals surface area (Å²) in [6.45, 7) is 9.59. The Morgan fingerprint density at radius 1 is 1.06 bits per heavy atom. The summed E-state index contributed by atoms with van der Waals surface area (Å²) in [6, 6.07) is 0. The average molecular weight is 248 g/mol. The van der Waals surface area contributed by atoms with E-state index in [1.165, 1.54) is 0 Å². The Morgan fingerprint density at radius 3 is 2.12 bits per heavy atom. The molecule has 0 fully saturated rings. The highest BCUT2D eigenvalue weighted by Crippen LogP contribution is 2.13. The van der Waals surface area contributed by atoms with Crippen LogP contribution in [0.1, 0.15) is 47.0 Å². The zero-order valence-corrected chi connectivity index (χ0v) is 11.7. The Hall–Kier alpha value is -0.160. The fourth-order valence-electron chi connectivity index (χ4n) is 1.23. The Labute approximate surface area is 105 Å². The molecule has 0 aliphatic heterocycles. The van der Waals surface area contributed by atoms with Crippen LogP contribution in [0.4, 0.5) is 0 Å². The molecule has 1 N–H and O–H groups in total. The zero-order valence-electron chi connectivity index (χ0n) is 11.7. The summed E-state index contributed by atoms with van der Waals surface area (Å²) in [5, 5.41) is 9.25. The molecule has 17 heavy (non-hydrogen) atoms. The maximum atomic E-state index is 9.25. The molecule has 0 aliphatic rings. The first-order valence-electron chi connectivity index (χ1n) is 6.54. The van der Waals surface area contributed by atoms with Crippen LogP contribution in [0.2, 0.25) is 0 Å². The normalized spacial score (nSPS) is 15.2. The minimum Gasteiger partial charge on any atom is -0.391 e. The quantitative estimate of drug-likeness (QED) is 0.450. The molecule has 0 bridgehead atoms. The number of rotatable bonds is 11. The van der Waals surface area contributed by atoms with Gasteiger partial charge in [-0.2, -0.15) is 0 Å². The topological polar surface area (TPSA) is 47.9 Å². The number of aliphatic hydroxyl groups is 1. The third-order valence-electron chi connectivity index (χ3n) is 2.34. The standard InChI is InChI=1S/C13H28O4/c1-5-6-9-16-13(4,11-14)17-10-7-8-15-12(2)3/h12,14H,5-11H2,1-4H3. The molecule has 0 heterocycles. The van der Waals surface area contributed by atoms with Crippen molar-refractivity contribution in [3.63, 3.8) is 0 Å². The summed E-state index contributed by atoms with van der Waals surface area (Å²) in [4.78, 5) is 0. The van der Waals surface area contributed by atoms with Gasteiger partial charge in [-0.1, -0.05) is 13.3 Å². The average Bonchev–Trinajstić information content (AvgIpc) is 2.28. The van der Waals surface area contributed by atoms with Crippen LogP contribution < -0.4 is 0 Å². The van der Waals surface area contributed by atoms with Crippen LogP contribution in [0.3, 0.4) is 0 Å². The van der Waals surface area contributed by atoms with Crippen LogP contribution in [-0.2, 0) is 14.2 Å². The number of ether oxygens (including phenoxy) is 3. The predicted molar refractivity (Wildman–Crippen MR) is 68.0 cm³/mol. The molecule has 0 rings (SSSR count). The first kappa shape index (κ1) is 16.8. The molecule has 0 aliphatic carbocycles. The highest BCUT2D eigenvalue weighted by Gasteiger charge is 2.24. The Balaban J connectivity index is 3.64. The third kappa shape index (κ3) is 9.53. The minimum absolute atomic E-state index is 0.123. The highest BCUT2D eigenvalue weighted by molar-refractivity contribution is 4.60. The van der Waals surface area contributed by atoms with Crippen molar-refractivity contribution in [2.45, 2.75) is 58.8 Å². The largest absolute Gasteiger partial charge is 0.391 e. The molecular formula is C13H28O4. The van der Waals surface area contributed by atoms with Gasteiger partial charge in [0.15, 0.2) is 5.79 Å². The molecule has 0 saturated carbocycles. The molecule has 0 saturated heterocycles. The lowest BCUT2D eigenvalue weighted by Gasteiger charge is -2.28. The minimum atomic E-state index is -0.868. The van der Waals surface area contributed by atoms with E-state index in [-0.39, 0.29) is 12.7 Å². The van der Waals surface area contributed by atoms with Crippen LogP contribution in [0.25, 0.3) is 0 Å². The second kappa shape index (κ2) is 9.83. The molecule has 4 heteroatoms. The molecule has 0 aromatic rings. The van der Waals surface area contributed by atoms with Crippen molar-refractivity contribution in [2.24, 2.45) is 0 Å². The lowest BCUT2D eigenvalue weighted by atomic mass is 10.3. The summed E-state index contributed by atoms with van der Waals surface area (Å²) >= 11 is 0. The van der Waals surface area contributed by atoms with Crippen molar-refractivity contribution in [3.8, 4) is 0 Å². The van der Waals surface area contributed by atoms with E-state index >= 15 is 0 Å². The van der Waals surface area contributed by atoms with Gasteiger partial charge in [0, 0.05) is 6.61 Å². The van der Waals surface area contributed by atoms with E-state index in [4.69, 9.17) is 14.2 Å². The van der Waals surface area contributed by atoms with Gasteiger partial charge in [-0.3, -0.25) is 0 Å². The van der Waals surface area contributed by atoms with Crippen LogP contribution in [-0.4, -0.2) is 43.4 Å². The Morgan fingerprint density at radius 2 is 1.65 bits per heavy atom. The monoisotopic (exact) mass is 248 g/mol. The number of hydrogen-bond donors (Lipinski definition) is 1. The fourth-order valence-corrected chi connectivity index (χ4v) is 1.23. The van der Waals surface area contributed by atoms with E-state index < -0.39 is 5.79 Å². The molecule has 1 atom stereocenters. The van der Waals surface area contributed by atoms with Crippen molar-refractivity contribution < 1.29 is 19.3 Å². The van der Waals surface area contributed by atoms with Gasteiger partial charge in [0.2, 0.25) is 0 Å². The van der Waals surface area contributed by atoms with Gasteiger partial charge in [0.05, 0.1) is 25.9 Å². The lowest BCUT2D eigenvalue weighted by Crippen LogP contribution is -2.37. The van der Waals surface area contributed by atoms with Crippen LogP contribution in [0.5, 0.6) is 0 Å². The summed E-state index contributed by atoms with van der Waals surface area (Å²) in [6.07, 6.45) is 3.12. The third-order valence-corrected chi connectivity index (χ3v) is 2.34. The molecule has 0 radical (unpaired) electrons. The number of unbranched alkanes of at least 4 members (excludes halogenated alkanes) is 1. The van der Waals surface area contributed by atoms with E-state index in [0.717, 1.165) is 19.3 Å². The summed E-state index contributed by atoms with van der Waals surface area (Å²) in [5.74, 6) is -0.868. The molecule has 0 aromatic carbocycles. The molecule has 1 unspecified atom stereocenters. The van der Waals surface area contributed by atoms with Gasteiger partial charge in [-0.05, 0) is 33.6 Å². The zero-order chi connectivity index (χ0) is 13.1. The second-order valence-electron chi connectivity index (χ2n) is 4.62. The Bertz CT molecular complexity index is 173. The second-order valence-corrected chi connectivity index (χ2v) is 4.62. The van der Waals surface area contributed by atoms with Gasteiger partial charge in [0.1, 0.15) is 0 Å². The van der Waals surface area contributed by atoms with Gasteiger partial charge in [-0.15, -0.1) is 0 Å². The smallest absolute Gasteiger partial charge is 0.188 e. The van der Waals surface area contributed by atoms with E-state index in [1.807, 2.05) is 13.8 Å². The summed E-state index contributed by atoms with van der Waals surface area (Å²) < 4.78 is 16.5. The van der Waals surface area contributed by atoms with Gasteiger partial charge < -0.3 is 19.3 Å². The van der Waals surface area contributed by atoms with Crippen LogP contribution in [0.15, 0.2) is 0 Å². The highest BCUT2D eigenvalue weighted by atomic mass is 16.7. The first-order valence-corrected chi connectivity index (χ1v) is 6.54. The molecule has 0 amide bonds. The first-order chi connectivity index (χ1) is 8.04. The molecular weight excluding hydrogens is 220 g/mol. The van der Waals surface area contributed by atoms with Crippen molar-refractivity contribution in [2.75, 3.05) is 26.4 Å². The summed E-state index contributed by atoms with van der Waals surface area (Å²) in [7, 11) is 0. The predicted octanol–water partition coefficient (Wildman–Crippen LogP) is 2.34. The maximum absolute atomic E-state index is 9.25. The van der Waals surface area contributed by atoms with Crippen molar-refractivity contribution in [1.29, 1.82) is 0 Å². The van der Waals surface area contributed by atoms with E-state index in [1.54, 1.807) is 6.92 Å². The number of hydrogen-bond acceptors (Lipinski definition) is 4.